The van der Waals surface area contributed by atoms with Crippen LogP contribution in [0.25, 0.3) is 0 Å². The van der Waals surface area contributed by atoms with Gasteiger partial charge in [-0.05, 0) is 18.2 Å². The maximum atomic E-state index is 12.0. The highest BCUT2D eigenvalue weighted by Crippen LogP contribution is 2.28. The third-order valence-electron chi connectivity index (χ3n) is 2.91. The number of aromatic hydroxyl groups is 1. The Kier molecular flexibility index (Phi) is 4.20. The number of hydrogen-bond acceptors (Lipinski definition) is 4. The van der Waals surface area contributed by atoms with Crippen molar-refractivity contribution in [2.24, 2.45) is 19.1 Å². The summed E-state index contributed by atoms with van der Waals surface area (Å²) in [5.74, 6) is -0.468. The molecule has 0 aliphatic rings. The molecule has 0 unspecified atom stereocenters. The van der Waals surface area contributed by atoms with Crippen LogP contribution in [0.15, 0.2) is 32.8 Å². The lowest BCUT2D eigenvalue weighted by molar-refractivity contribution is 0.410. The average Bonchev–Trinajstić information content (AvgIpc) is 2.46. The molecule has 1 aromatic heterocycles. The van der Waals surface area contributed by atoms with E-state index in [1.807, 2.05) is 0 Å². The summed E-state index contributed by atoms with van der Waals surface area (Å²) in [5, 5.41) is 10.7. The van der Waals surface area contributed by atoms with Gasteiger partial charge >= 0.3 is 5.69 Å². The first-order valence-corrected chi connectivity index (χ1v) is 6.56. The van der Waals surface area contributed by atoms with Gasteiger partial charge < -0.3 is 5.11 Å². The number of hydrogen-bond donors (Lipinski definition) is 1. The van der Waals surface area contributed by atoms with E-state index in [0.717, 1.165) is 15.3 Å². The highest BCUT2D eigenvalue weighted by atomic mass is 35.5. The van der Waals surface area contributed by atoms with Crippen molar-refractivity contribution in [1.29, 1.82) is 0 Å². The van der Waals surface area contributed by atoms with Crippen LogP contribution in [-0.4, -0.2) is 20.5 Å². The first-order chi connectivity index (χ1) is 9.82. The number of nitrogens with zero attached hydrogens (tertiary/aromatic N) is 3. The van der Waals surface area contributed by atoms with Gasteiger partial charge in [-0.2, -0.15) is 0 Å². The van der Waals surface area contributed by atoms with Crippen molar-refractivity contribution in [1.82, 2.24) is 9.13 Å². The Bertz CT molecular complexity index is 853. The van der Waals surface area contributed by atoms with E-state index in [1.54, 1.807) is 12.1 Å². The van der Waals surface area contributed by atoms with Gasteiger partial charge in [-0.25, -0.2) is 4.79 Å². The van der Waals surface area contributed by atoms with E-state index in [-0.39, 0.29) is 5.56 Å². The smallest absolute Gasteiger partial charge is 0.333 e. The van der Waals surface area contributed by atoms with Crippen LogP contribution in [0.2, 0.25) is 10.0 Å². The number of aliphatic imine (C=N–C) groups is 1. The van der Waals surface area contributed by atoms with Crippen molar-refractivity contribution in [3.05, 3.63) is 54.6 Å². The number of halogens is 2. The van der Waals surface area contributed by atoms with Crippen molar-refractivity contribution in [2.75, 3.05) is 0 Å². The van der Waals surface area contributed by atoms with Crippen LogP contribution in [0.1, 0.15) is 5.56 Å². The number of benzene rings is 1. The summed E-state index contributed by atoms with van der Waals surface area (Å²) in [4.78, 5) is 27.6. The van der Waals surface area contributed by atoms with Crippen LogP contribution < -0.4 is 11.2 Å². The molecule has 8 heteroatoms. The zero-order chi connectivity index (χ0) is 15.7. The molecule has 6 nitrogen and oxygen atoms in total. The van der Waals surface area contributed by atoms with E-state index >= 15 is 0 Å². The van der Waals surface area contributed by atoms with Crippen LogP contribution in [0.4, 0.5) is 5.69 Å². The molecule has 2 rings (SSSR count). The second kappa shape index (κ2) is 5.75. The summed E-state index contributed by atoms with van der Waals surface area (Å²) in [6.07, 6.45) is 1.15. The Morgan fingerprint density at radius 2 is 1.86 bits per heavy atom. The van der Waals surface area contributed by atoms with Gasteiger partial charge in [-0.15, -0.1) is 0 Å². The Morgan fingerprint density at radius 3 is 2.52 bits per heavy atom. The predicted octanol–water partition coefficient (Wildman–Crippen LogP) is 1.85. The van der Waals surface area contributed by atoms with Crippen LogP contribution in [0.5, 0.6) is 5.88 Å². The molecule has 21 heavy (non-hydrogen) atoms. The van der Waals surface area contributed by atoms with Gasteiger partial charge in [0.15, 0.2) is 0 Å². The van der Waals surface area contributed by atoms with E-state index in [2.05, 4.69) is 4.99 Å². The Labute approximate surface area is 129 Å². The summed E-state index contributed by atoms with van der Waals surface area (Å²) >= 11 is 11.8. The summed E-state index contributed by atoms with van der Waals surface area (Å²) in [7, 11) is 2.66. The van der Waals surface area contributed by atoms with E-state index in [9.17, 15) is 14.7 Å². The number of aromatic nitrogens is 2. The normalized spacial score (nSPS) is 11.2. The molecule has 0 aliphatic heterocycles. The van der Waals surface area contributed by atoms with Gasteiger partial charge in [0.05, 0.1) is 10.7 Å². The molecule has 2 aromatic rings. The predicted molar refractivity (Wildman–Crippen MR) is 82.3 cm³/mol. The highest BCUT2D eigenvalue weighted by Gasteiger charge is 2.13. The average molecular weight is 328 g/mol. The van der Waals surface area contributed by atoms with Gasteiger partial charge in [0.2, 0.25) is 5.88 Å². The molecule has 110 valence electrons. The van der Waals surface area contributed by atoms with Gasteiger partial charge in [0.25, 0.3) is 5.56 Å². The van der Waals surface area contributed by atoms with E-state index in [0.29, 0.717) is 15.7 Å². The van der Waals surface area contributed by atoms with Crippen LogP contribution in [0, 0.1) is 0 Å². The minimum atomic E-state index is -0.655. The Morgan fingerprint density at radius 1 is 1.19 bits per heavy atom. The SMILES string of the molecule is Cn1c(O)c(C=Nc2cc(Cl)ccc2Cl)c(=O)n(C)c1=O. The van der Waals surface area contributed by atoms with Gasteiger partial charge in [0, 0.05) is 25.3 Å². The quantitative estimate of drug-likeness (QED) is 0.855. The van der Waals surface area contributed by atoms with Crippen molar-refractivity contribution in [2.45, 2.75) is 0 Å². The molecule has 0 radical (unpaired) electrons. The maximum Gasteiger partial charge on any atom is 0.333 e. The summed E-state index contributed by atoms with van der Waals surface area (Å²) in [6.45, 7) is 0. The second-order valence-electron chi connectivity index (χ2n) is 4.30. The highest BCUT2D eigenvalue weighted by molar-refractivity contribution is 6.35. The first-order valence-electron chi connectivity index (χ1n) is 5.81. The molecule has 0 amide bonds. The fraction of sp³-hybridized carbons (Fsp3) is 0.154. The topological polar surface area (TPSA) is 76.6 Å². The molecule has 1 N–H and O–H groups in total. The van der Waals surface area contributed by atoms with Crippen molar-refractivity contribution in [3.63, 3.8) is 0 Å². The molecule has 1 aromatic carbocycles. The molecule has 0 spiro atoms. The standard InChI is InChI=1S/C13H11Cl2N3O3/c1-17-11(19)8(12(20)18(2)13(17)21)6-16-10-5-7(14)3-4-9(10)15/h3-6,19H,1-2H3. The molecule has 0 saturated carbocycles. The molecule has 0 bridgehead atoms. The third-order valence-corrected chi connectivity index (χ3v) is 3.46. The minimum absolute atomic E-state index is 0.115. The van der Waals surface area contributed by atoms with E-state index in [4.69, 9.17) is 23.2 Å². The lowest BCUT2D eigenvalue weighted by Gasteiger charge is -2.07. The first kappa shape index (κ1) is 15.3. The van der Waals surface area contributed by atoms with Gasteiger partial charge in [-0.1, -0.05) is 23.2 Å². The zero-order valence-corrected chi connectivity index (χ0v) is 12.7. The monoisotopic (exact) mass is 327 g/mol. The lowest BCUT2D eigenvalue weighted by atomic mass is 10.3. The molecular formula is C13H11Cl2N3O3. The molecular weight excluding hydrogens is 317 g/mol. The van der Waals surface area contributed by atoms with E-state index < -0.39 is 17.1 Å². The van der Waals surface area contributed by atoms with E-state index in [1.165, 1.54) is 20.2 Å². The molecule has 0 saturated heterocycles. The van der Waals surface area contributed by atoms with Gasteiger partial charge in [-0.3, -0.25) is 18.9 Å². The van der Waals surface area contributed by atoms with Crippen molar-refractivity contribution in [3.8, 4) is 5.88 Å². The summed E-state index contributed by atoms with van der Waals surface area (Å²) < 4.78 is 1.82. The van der Waals surface area contributed by atoms with Crippen LogP contribution >= 0.6 is 23.2 Å². The Hall–Kier alpha value is -2.05. The maximum absolute atomic E-state index is 12.0. The zero-order valence-electron chi connectivity index (χ0n) is 11.2. The molecule has 0 atom stereocenters. The molecule has 1 heterocycles. The Balaban J connectivity index is 2.59. The number of rotatable bonds is 2. The van der Waals surface area contributed by atoms with Crippen LogP contribution in [0.3, 0.4) is 0 Å². The lowest BCUT2D eigenvalue weighted by Crippen LogP contribution is -2.38. The second-order valence-corrected chi connectivity index (χ2v) is 5.14. The minimum Gasteiger partial charge on any atom is -0.494 e. The fourth-order valence-electron chi connectivity index (χ4n) is 1.69. The summed E-state index contributed by atoms with van der Waals surface area (Å²) in [6, 6.07) is 4.69. The van der Waals surface area contributed by atoms with Crippen molar-refractivity contribution >= 4 is 35.1 Å². The van der Waals surface area contributed by atoms with Crippen LogP contribution in [-0.2, 0) is 14.1 Å². The molecule has 0 aliphatic carbocycles. The largest absolute Gasteiger partial charge is 0.494 e. The summed E-state index contributed by atoms with van der Waals surface area (Å²) in [5.41, 5.74) is -1.05. The van der Waals surface area contributed by atoms with Crippen molar-refractivity contribution < 1.29 is 5.11 Å². The third kappa shape index (κ3) is 2.86. The molecule has 0 fully saturated rings. The van der Waals surface area contributed by atoms with Gasteiger partial charge in [0.1, 0.15) is 5.56 Å². The fourth-order valence-corrected chi connectivity index (χ4v) is 2.02.